The SMILES string of the molecule is Cc1cccc(S(=O)(=O)Nc2ccc3c(c2)CCC(=O)N3)c1. The van der Waals surface area contributed by atoms with Crippen molar-refractivity contribution in [3.63, 3.8) is 0 Å². The first-order valence-electron chi connectivity index (χ1n) is 6.96. The summed E-state index contributed by atoms with van der Waals surface area (Å²) in [5.74, 6) is -0.0133. The first-order valence-corrected chi connectivity index (χ1v) is 8.45. The monoisotopic (exact) mass is 316 g/mol. The van der Waals surface area contributed by atoms with Crippen molar-refractivity contribution in [2.45, 2.75) is 24.7 Å². The molecule has 0 aromatic heterocycles. The van der Waals surface area contributed by atoms with Crippen LogP contribution in [0.5, 0.6) is 0 Å². The minimum Gasteiger partial charge on any atom is -0.326 e. The Morgan fingerprint density at radius 1 is 1.09 bits per heavy atom. The highest BCUT2D eigenvalue weighted by Gasteiger charge is 2.18. The number of carbonyl (C=O) groups excluding carboxylic acids is 1. The Labute approximate surface area is 129 Å². The fraction of sp³-hybridized carbons (Fsp3) is 0.188. The van der Waals surface area contributed by atoms with Crippen LogP contribution in [0.4, 0.5) is 11.4 Å². The average molecular weight is 316 g/mol. The molecule has 1 heterocycles. The number of rotatable bonds is 3. The van der Waals surface area contributed by atoms with E-state index in [0.717, 1.165) is 16.8 Å². The summed E-state index contributed by atoms with van der Waals surface area (Å²) in [6.45, 7) is 1.85. The number of nitrogens with one attached hydrogen (secondary N) is 2. The van der Waals surface area contributed by atoms with Crippen LogP contribution in [0.1, 0.15) is 17.5 Å². The Kier molecular flexibility index (Phi) is 3.62. The predicted molar refractivity (Wildman–Crippen MR) is 85.4 cm³/mol. The van der Waals surface area contributed by atoms with Crippen molar-refractivity contribution < 1.29 is 13.2 Å². The highest BCUT2D eigenvalue weighted by Crippen LogP contribution is 2.27. The summed E-state index contributed by atoms with van der Waals surface area (Å²) in [6, 6.07) is 11.9. The molecule has 0 fully saturated rings. The molecule has 2 N–H and O–H groups in total. The molecule has 0 bridgehead atoms. The lowest BCUT2D eigenvalue weighted by Crippen LogP contribution is -2.19. The molecular formula is C16H16N2O3S. The van der Waals surface area contributed by atoms with Gasteiger partial charge in [0.1, 0.15) is 0 Å². The van der Waals surface area contributed by atoms with Crippen molar-refractivity contribution in [3.05, 3.63) is 53.6 Å². The smallest absolute Gasteiger partial charge is 0.261 e. The molecule has 0 saturated heterocycles. The fourth-order valence-corrected chi connectivity index (χ4v) is 3.60. The Balaban J connectivity index is 1.88. The molecule has 22 heavy (non-hydrogen) atoms. The zero-order valence-corrected chi connectivity index (χ0v) is 12.9. The minimum absolute atomic E-state index is 0.0133. The minimum atomic E-state index is -3.61. The first-order chi connectivity index (χ1) is 10.4. The number of sulfonamides is 1. The second-order valence-corrected chi connectivity index (χ2v) is 7.02. The molecule has 1 amide bonds. The maximum Gasteiger partial charge on any atom is 0.261 e. The van der Waals surface area contributed by atoms with E-state index in [-0.39, 0.29) is 10.8 Å². The third-order valence-corrected chi connectivity index (χ3v) is 4.93. The van der Waals surface area contributed by atoms with Crippen LogP contribution in [-0.4, -0.2) is 14.3 Å². The van der Waals surface area contributed by atoms with E-state index < -0.39 is 10.0 Å². The van der Waals surface area contributed by atoms with E-state index in [4.69, 9.17) is 0 Å². The average Bonchev–Trinajstić information content (AvgIpc) is 2.47. The van der Waals surface area contributed by atoms with Gasteiger partial charge in [-0.2, -0.15) is 0 Å². The number of benzene rings is 2. The molecule has 2 aromatic carbocycles. The molecule has 5 nitrogen and oxygen atoms in total. The van der Waals surface area contributed by atoms with Gasteiger partial charge in [-0.25, -0.2) is 8.42 Å². The molecule has 1 aliphatic rings. The van der Waals surface area contributed by atoms with Crippen LogP contribution in [-0.2, 0) is 21.2 Å². The Hall–Kier alpha value is -2.34. The van der Waals surface area contributed by atoms with Gasteiger partial charge in [-0.15, -0.1) is 0 Å². The number of carbonyl (C=O) groups is 1. The summed E-state index contributed by atoms with van der Waals surface area (Å²) in [5.41, 5.74) is 3.06. The molecule has 6 heteroatoms. The van der Waals surface area contributed by atoms with Gasteiger partial charge < -0.3 is 5.32 Å². The maximum absolute atomic E-state index is 12.4. The largest absolute Gasteiger partial charge is 0.326 e. The van der Waals surface area contributed by atoms with Crippen LogP contribution in [0, 0.1) is 6.92 Å². The standard InChI is InChI=1S/C16H16N2O3S/c1-11-3-2-4-14(9-11)22(20,21)18-13-6-7-15-12(10-13)5-8-16(19)17-15/h2-4,6-7,9-10,18H,5,8H2,1H3,(H,17,19). The van der Waals surface area contributed by atoms with Crippen LogP contribution >= 0.6 is 0 Å². The van der Waals surface area contributed by atoms with Gasteiger partial charge in [0.15, 0.2) is 0 Å². The number of anilines is 2. The molecule has 0 atom stereocenters. The highest BCUT2D eigenvalue weighted by atomic mass is 32.2. The van der Waals surface area contributed by atoms with Gasteiger partial charge in [-0.3, -0.25) is 9.52 Å². The van der Waals surface area contributed by atoms with Crippen LogP contribution in [0.2, 0.25) is 0 Å². The Morgan fingerprint density at radius 3 is 2.68 bits per heavy atom. The molecule has 1 aliphatic heterocycles. The van der Waals surface area contributed by atoms with Crippen LogP contribution in [0.3, 0.4) is 0 Å². The maximum atomic E-state index is 12.4. The second-order valence-electron chi connectivity index (χ2n) is 5.34. The normalized spacial score (nSPS) is 14.1. The zero-order chi connectivity index (χ0) is 15.7. The van der Waals surface area contributed by atoms with Crippen LogP contribution in [0.15, 0.2) is 47.4 Å². The third kappa shape index (κ3) is 2.96. The predicted octanol–water partition coefficient (Wildman–Crippen LogP) is 2.68. The summed E-state index contributed by atoms with van der Waals surface area (Å²) < 4.78 is 27.4. The van der Waals surface area contributed by atoms with Crippen molar-refractivity contribution in [3.8, 4) is 0 Å². The highest BCUT2D eigenvalue weighted by molar-refractivity contribution is 7.92. The van der Waals surface area contributed by atoms with Crippen molar-refractivity contribution in [1.82, 2.24) is 0 Å². The molecule has 0 unspecified atom stereocenters. The molecular weight excluding hydrogens is 300 g/mol. The van der Waals surface area contributed by atoms with Gasteiger partial charge in [0.05, 0.1) is 4.90 Å². The van der Waals surface area contributed by atoms with Gasteiger partial charge in [0.25, 0.3) is 10.0 Å². The molecule has 3 rings (SSSR count). The van der Waals surface area contributed by atoms with Crippen LogP contribution in [0.25, 0.3) is 0 Å². The second kappa shape index (κ2) is 5.46. The molecule has 0 spiro atoms. The molecule has 0 radical (unpaired) electrons. The summed E-state index contributed by atoms with van der Waals surface area (Å²) >= 11 is 0. The number of fused-ring (bicyclic) bond motifs is 1. The summed E-state index contributed by atoms with van der Waals surface area (Å²) in [7, 11) is -3.61. The van der Waals surface area contributed by atoms with E-state index in [2.05, 4.69) is 10.0 Å². The number of hydrogen-bond acceptors (Lipinski definition) is 3. The Morgan fingerprint density at radius 2 is 1.91 bits per heavy atom. The van der Waals surface area contributed by atoms with Crippen molar-refractivity contribution in [2.75, 3.05) is 10.0 Å². The lowest BCUT2D eigenvalue weighted by Gasteiger charge is -2.18. The Bertz CT molecular complexity index is 844. The third-order valence-electron chi connectivity index (χ3n) is 3.55. The molecule has 0 saturated carbocycles. The molecule has 2 aromatic rings. The van der Waals surface area contributed by atoms with Gasteiger partial charge in [-0.1, -0.05) is 12.1 Å². The number of amides is 1. The topological polar surface area (TPSA) is 75.3 Å². The van der Waals surface area contributed by atoms with E-state index in [1.54, 1.807) is 36.4 Å². The number of aryl methyl sites for hydroxylation is 2. The summed E-state index contributed by atoms with van der Waals surface area (Å²) in [5, 5.41) is 2.77. The quantitative estimate of drug-likeness (QED) is 0.914. The van der Waals surface area contributed by atoms with E-state index >= 15 is 0 Å². The van der Waals surface area contributed by atoms with Crippen molar-refractivity contribution in [1.29, 1.82) is 0 Å². The van der Waals surface area contributed by atoms with E-state index in [1.165, 1.54) is 0 Å². The van der Waals surface area contributed by atoms with Crippen LogP contribution < -0.4 is 10.0 Å². The summed E-state index contributed by atoms with van der Waals surface area (Å²) in [6.07, 6.45) is 1.03. The summed E-state index contributed by atoms with van der Waals surface area (Å²) in [4.78, 5) is 11.6. The van der Waals surface area contributed by atoms with E-state index in [1.807, 2.05) is 13.0 Å². The lowest BCUT2D eigenvalue weighted by molar-refractivity contribution is -0.116. The van der Waals surface area contributed by atoms with Crippen molar-refractivity contribution in [2.24, 2.45) is 0 Å². The van der Waals surface area contributed by atoms with Crippen molar-refractivity contribution >= 4 is 27.3 Å². The molecule has 0 aliphatic carbocycles. The van der Waals surface area contributed by atoms with Gasteiger partial charge in [0, 0.05) is 17.8 Å². The lowest BCUT2D eigenvalue weighted by atomic mass is 10.0. The molecule has 114 valence electrons. The van der Waals surface area contributed by atoms with Gasteiger partial charge in [-0.05, 0) is 54.8 Å². The fourth-order valence-electron chi connectivity index (χ4n) is 2.44. The van der Waals surface area contributed by atoms with Gasteiger partial charge >= 0.3 is 0 Å². The number of hydrogen-bond donors (Lipinski definition) is 2. The first kappa shape index (κ1) is 14.6. The van der Waals surface area contributed by atoms with Gasteiger partial charge in [0.2, 0.25) is 5.91 Å². The zero-order valence-electron chi connectivity index (χ0n) is 12.1. The van der Waals surface area contributed by atoms with E-state index in [0.29, 0.717) is 18.5 Å². The van der Waals surface area contributed by atoms with E-state index in [9.17, 15) is 13.2 Å².